The number of carbonyl (C=O) groups excluding carboxylic acids is 4. The van der Waals surface area contributed by atoms with Crippen molar-refractivity contribution in [2.24, 2.45) is 0 Å². The quantitative estimate of drug-likeness (QED) is 0.443. The minimum Gasteiger partial charge on any atom is -0.347 e. The highest BCUT2D eigenvalue weighted by Crippen LogP contribution is 2.18. The van der Waals surface area contributed by atoms with Crippen molar-refractivity contribution < 1.29 is 19.2 Å². The van der Waals surface area contributed by atoms with E-state index in [1.165, 1.54) is 0 Å². The molecular formula is C19H22N4O4. The van der Waals surface area contributed by atoms with Crippen molar-refractivity contribution in [1.82, 2.24) is 21.5 Å². The Morgan fingerprint density at radius 3 is 2.30 bits per heavy atom. The van der Waals surface area contributed by atoms with Crippen LogP contribution < -0.4 is 21.5 Å². The largest absolute Gasteiger partial charge is 0.347 e. The number of rotatable bonds is 5. The Labute approximate surface area is 156 Å². The molecule has 27 heavy (non-hydrogen) atoms. The molecule has 4 N–H and O–H groups in total. The molecule has 0 heterocycles. The Hall–Kier alpha value is -3.42. The molecule has 2 rings (SSSR count). The van der Waals surface area contributed by atoms with Crippen LogP contribution in [0.4, 0.5) is 0 Å². The average molecular weight is 370 g/mol. The molecule has 0 fully saturated rings. The Morgan fingerprint density at radius 2 is 1.56 bits per heavy atom. The molecule has 0 aliphatic carbocycles. The Kier molecular flexibility index (Phi) is 6.87. The fourth-order valence-corrected chi connectivity index (χ4v) is 2.42. The number of hydrogen-bond acceptors (Lipinski definition) is 4. The third-order valence-electron chi connectivity index (χ3n) is 3.62. The highest BCUT2D eigenvalue weighted by molar-refractivity contribution is 6.35. The van der Waals surface area contributed by atoms with Gasteiger partial charge in [-0.15, -0.1) is 0 Å². The molecule has 0 aliphatic heterocycles. The third kappa shape index (κ3) is 6.10. The third-order valence-corrected chi connectivity index (χ3v) is 3.62. The molecule has 0 aliphatic rings. The molecule has 0 saturated heterocycles. The van der Waals surface area contributed by atoms with Gasteiger partial charge in [0.15, 0.2) is 0 Å². The molecular weight excluding hydrogens is 348 g/mol. The van der Waals surface area contributed by atoms with E-state index in [4.69, 9.17) is 0 Å². The summed E-state index contributed by atoms with van der Waals surface area (Å²) < 4.78 is 0. The van der Waals surface area contributed by atoms with E-state index in [0.717, 1.165) is 16.3 Å². The SMILES string of the molecule is CC(C)NC(=O)C(=O)NNC(=O)CNC(=O)Cc1cccc2ccccc12. The Balaban J connectivity index is 1.79. The van der Waals surface area contributed by atoms with Crippen molar-refractivity contribution in [3.05, 3.63) is 48.0 Å². The number of carbonyl (C=O) groups is 4. The maximum Gasteiger partial charge on any atom is 0.327 e. The van der Waals surface area contributed by atoms with Gasteiger partial charge in [-0.05, 0) is 30.2 Å². The summed E-state index contributed by atoms with van der Waals surface area (Å²) in [4.78, 5) is 46.6. The smallest absolute Gasteiger partial charge is 0.327 e. The highest BCUT2D eigenvalue weighted by Gasteiger charge is 2.15. The molecule has 0 spiro atoms. The fraction of sp³-hybridized carbons (Fsp3) is 0.263. The molecule has 0 atom stereocenters. The Morgan fingerprint density at radius 1 is 0.852 bits per heavy atom. The first-order valence-electron chi connectivity index (χ1n) is 8.50. The lowest BCUT2D eigenvalue weighted by Crippen LogP contribution is -2.51. The lowest BCUT2D eigenvalue weighted by atomic mass is 10.0. The Bertz CT molecular complexity index is 858. The first-order valence-corrected chi connectivity index (χ1v) is 8.50. The van der Waals surface area contributed by atoms with Crippen LogP contribution in [0.25, 0.3) is 10.8 Å². The van der Waals surface area contributed by atoms with Crippen molar-refractivity contribution in [3.8, 4) is 0 Å². The van der Waals surface area contributed by atoms with E-state index in [-0.39, 0.29) is 24.9 Å². The first kappa shape index (κ1) is 19.9. The average Bonchev–Trinajstić information content (AvgIpc) is 2.64. The van der Waals surface area contributed by atoms with Crippen molar-refractivity contribution in [2.75, 3.05) is 6.54 Å². The standard InChI is InChI=1S/C19H22N4O4/c1-12(2)21-18(26)19(27)23-22-17(25)11-20-16(24)10-14-8-5-7-13-6-3-4-9-15(13)14/h3-9,12H,10-11H2,1-2H3,(H,20,24)(H,21,26)(H,22,25)(H,23,27). The molecule has 142 valence electrons. The van der Waals surface area contributed by atoms with Gasteiger partial charge in [-0.3, -0.25) is 30.0 Å². The second kappa shape index (κ2) is 9.33. The van der Waals surface area contributed by atoms with Gasteiger partial charge < -0.3 is 10.6 Å². The van der Waals surface area contributed by atoms with Crippen LogP contribution in [0.2, 0.25) is 0 Å². The van der Waals surface area contributed by atoms with Crippen LogP contribution in [0.5, 0.6) is 0 Å². The summed E-state index contributed by atoms with van der Waals surface area (Å²) in [5.74, 6) is -2.82. The molecule has 2 aromatic rings. The van der Waals surface area contributed by atoms with E-state index >= 15 is 0 Å². The van der Waals surface area contributed by atoms with Crippen LogP contribution >= 0.6 is 0 Å². The summed E-state index contributed by atoms with van der Waals surface area (Å²) in [5, 5.41) is 6.87. The lowest BCUT2D eigenvalue weighted by Gasteiger charge is -2.10. The van der Waals surface area contributed by atoms with Crippen LogP contribution in [0, 0.1) is 0 Å². The second-order valence-electron chi connectivity index (χ2n) is 6.22. The zero-order valence-corrected chi connectivity index (χ0v) is 15.2. The molecule has 0 aromatic heterocycles. The minimum atomic E-state index is -0.987. The number of nitrogens with one attached hydrogen (secondary N) is 4. The molecule has 0 radical (unpaired) electrons. The van der Waals surface area contributed by atoms with E-state index in [1.54, 1.807) is 13.8 Å². The number of amides is 4. The zero-order chi connectivity index (χ0) is 19.8. The van der Waals surface area contributed by atoms with Crippen molar-refractivity contribution in [3.63, 3.8) is 0 Å². The summed E-state index contributed by atoms with van der Waals surface area (Å²) in [6, 6.07) is 13.2. The van der Waals surface area contributed by atoms with Gasteiger partial charge in [0, 0.05) is 6.04 Å². The normalized spacial score (nSPS) is 10.3. The van der Waals surface area contributed by atoms with Crippen molar-refractivity contribution >= 4 is 34.4 Å². The molecule has 8 nitrogen and oxygen atoms in total. The highest BCUT2D eigenvalue weighted by atomic mass is 16.2. The van der Waals surface area contributed by atoms with Crippen LogP contribution in [0.3, 0.4) is 0 Å². The summed E-state index contributed by atoms with van der Waals surface area (Å²) in [6.45, 7) is 3.08. The van der Waals surface area contributed by atoms with E-state index < -0.39 is 17.7 Å². The summed E-state index contributed by atoms with van der Waals surface area (Å²) in [6.07, 6.45) is 0.123. The van der Waals surface area contributed by atoms with Crippen LogP contribution in [0.15, 0.2) is 42.5 Å². The van der Waals surface area contributed by atoms with Crippen molar-refractivity contribution in [1.29, 1.82) is 0 Å². The number of hydrogen-bond donors (Lipinski definition) is 4. The molecule has 0 unspecified atom stereocenters. The maximum absolute atomic E-state index is 12.1. The van der Waals surface area contributed by atoms with Gasteiger partial charge in [-0.1, -0.05) is 42.5 Å². The van der Waals surface area contributed by atoms with Crippen LogP contribution in [-0.4, -0.2) is 36.2 Å². The number of hydrazine groups is 1. The van der Waals surface area contributed by atoms with E-state index in [0.29, 0.717) is 0 Å². The summed E-state index contributed by atoms with van der Waals surface area (Å²) >= 11 is 0. The van der Waals surface area contributed by atoms with Gasteiger partial charge in [0.05, 0.1) is 13.0 Å². The lowest BCUT2D eigenvalue weighted by molar-refractivity contribution is -0.141. The molecule has 0 saturated carbocycles. The summed E-state index contributed by atoms with van der Waals surface area (Å²) in [5.41, 5.74) is 4.91. The van der Waals surface area contributed by atoms with Crippen LogP contribution in [0.1, 0.15) is 19.4 Å². The molecule has 0 bridgehead atoms. The fourth-order valence-electron chi connectivity index (χ4n) is 2.42. The number of benzene rings is 2. The molecule has 2 aromatic carbocycles. The monoisotopic (exact) mass is 370 g/mol. The molecule has 8 heteroatoms. The van der Waals surface area contributed by atoms with E-state index in [2.05, 4.69) is 16.1 Å². The van der Waals surface area contributed by atoms with Gasteiger partial charge in [0.25, 0.3) is 5.91 Å². The van der Waals surface area contributed by atoms with Gasteiger partial charge in [0.1, 0.15) is 0 Å². The first-order chi connectivity index (χ1) is 12.9. The van der Waals surface area contributed by atoms with E-state index in [1.807, 2.05) is 47.9 Å². The zero-order valence-electron chi connectivity index (χ0n) is 15.2. The van der Waals surface area contributed by atoms with Crippen molar-refractivity contribution in [2.45, 2.75) is 26.3 Å². The van der Waals surface area contributed by atoms with Crippen LogP contribution in [-0.2, 0) is 25.6 Å². The van der Waals surface area contributed by atoms with E-state index in [9.17, 15) is 19.2 Å². The predicted molar refractivity (Wildman–Crippen MR) is 100 cm³/mol. The van der Waals surface area contributed by atoms with Gasteiger partial charge in [-0.2, -0.15) is 0 Å². The van der Waals surface area contributed by atoms with Gasteiger partial charge in [0.2, 0.25) is 5.91 Å². The summed E-state index contributed by atoms with van der Waals surface area (Å²) in [7, 11) is 0. The van der Waals surface area contributed by atoms with Gasteiger partial charge >= 0.3 is 11.8 Å². The second-order valence-corrected chi connectivity index (χ2v) is 6.22. The topological polar surface area (TPSA) is 116 Å². The maximum atomic E-state index is 12.1. The minimum absolute atomic E-state index is 0.123. The molecule has 4 amide bonds. The predicted octanol–water partition coefficient (Wildman–Crippen LogP) is 0.171. The van der Waals surface area contributed by atoms with Gasteiger partial charge in [-0.25, -0.2) is 0 Å². The number of fused-ring (bicyclic) bond motifs is 1.